The Kier molecular flexibility index (Phi) is 10.6. The van der Waals surface area contributed by atoms with Gasteiger partial charge in [-0.25, -0.2) is 0 Å². The van der Waals surface area contributed by atoms with Gasteiger partial charge >= 0.3 is 0 Å². The Labute approximate surface area is 405 Å². The maximum absolute atomic E-state index is 7.44. The van der Waals surface area contributed by atoms with Gasteiger partial charge in [0.05, 0.1) is 0 Å². The molecular weight excluding hydrogens is 825 g/mol. The summed E-state index contributed by atoms with van der Waals surface area (Å²) in [5.41, 5.74) is 21.2. The van der Waals surface area contributed by atoms with Gasteiger partial charge < -0.3 is 9.47 Å². The number of fused-ring (bicyclic) bond motifs is 10. The van der Waals surface area contributed by atoms with Crippen molar-refractivity contribution in [2.45, 2.75) is 121 Å². The van der Waals surface area contributed by atoms with Crippen molar-refractivity contribution in [3.8, 4) is 28.0 Å². The van der Waals surface area contributed by atoms with Crippen molar-refractivity contribution < 1.29 is 9.47 Å². The van der Waals surface area contributed by atoms with Gasteiger partial charge in [-0.15, -0.1) is 0 Å². The van der Waals surface area contributed by atoms with Gasteiger partial charge in [0, 0.05) is 45.8 Å². The highest BCUT2D eigenvalue weighted by molar-refractivity contribution is 5.91. The zero-order chi connectivity index (χ0) is 47.2. The highest BCUT2D eigenvalue weighted by Crippen LogP contribution is 2.60. The van der Waals surface area contributed by atoms with Crippen LogP contribution in [0.25, 0.3) is 33.4 Å². The number of benzene rings is 7. The summed E-state index contributed by atoms with van der Waals surface area (Å²) in [6.45, 7) is 19.0. The van der Waals surface area contributed by atoms with Crippen LogP contribution in [-0.2, 0) is 38.6 Å². The highest BCUT2D eigenvalue weighted by atomic mass is 16.5. The second kappa shape index (κ2) is 16.2. The first-order valence-corrected chi connectivity index (χ1v) is 25.3. The van der Waals surface area contributed by atoms with Crippen LogP contribution in [-0.4, -0.2) is 7.11 Å². The molecule has 0 amide bonds. The standard InChI is InChI=1S/C66H66O2/c1-10-12-19-37-64(8)60-40-48(32-35-59(60)63(64,6)7)62(4,5)47-33-36-61-53(39-47)54(42-66(68-61)56-25-17-13-21-49(56)50-22-14-18-26-57(50)66)46-30-28-45(29-31-46)43(3)41-65(67-9)55-24-16-15-23-51(55)52-38-44(20-11-2)27-34-58(52)65/h13-18,21-36,38-42H,10-12,19-20,37H2,1-9H3/b43-41+. The predicted molar refractivity (Wildman–Crippen MR) is 284 cm³/mol. The van der Waals surface area contributed by atoms with E-state index in [9.17, 15) is 0 Å². The van der Waals surface area contributed by atoms with Crippen molar-refractivity contribution in [3.05, 3.63) is 231 Å². The number of hydrogen-bond donors (Lipinski definition) is 0. The fraction of sp³-hybridized carbons (Fsp3) is 0.303. The summed E-state index contributed by atoms with van der Waals surface area (Å²) in [4.78, 5) is 0. The van der Waals surface area contributed by atoms with E-state index in [-0.39, 0.29) is 16.2 Å². The van der Waals surface area contributed by atoms with E-state index >= 15 is 0 Å². The SMILES string of the molecule is CCCCCC1(C)c2cc(C(C)(C)c3ccc4c(c3)C(c3ccc(/C(C)=C/C5(OC)c6ccccc6-c6cc(CCC)ccc65)cc3)=CC3(O4)c4ccccc4-c4ccccc43)ccc2C1(C)C. The molecule has 2 heteroatoms. The number of aryl methyl sites for hydroxylation is 1. The molecule has 68 heavy (non-hydrogen) atoms. The Balaban J connectivity index is 1.02. The summed E-state index contributed by atoms with van der Waals surface area (Å²) in [6, 6.07) is 56.9. The van der Waals surface area contributed by atoms with Gasteiger partial charge in [0.15, 0.2) is 5.60 Å². The van der Waals surface area contributed by atoms with E-state index in [1.165, 1.54) is 115 Å². The van der Waals surface area contributed by atoms with Crippen LogP contribution in [0.1, 0.15) is 154 Å². The Morgan fingerprint density at radius 1 is 0.588 bits per heavy atom. The molecule has 0 N–H and O–H groups in total. The number of ether oxygens (including phenoxy) is 2. The average molecular weight is 891 g/mol. The van der Waals surface area contributed by atoms with Crippen LogP contribution in [0.2, 0.25) is 0 Å². The molecule has 7 aromatic rings. The Morgan fingerprint density at radius 3 is 1.85 bits per heavy atom. The molecule has 4 aliphatic rings. The summed E-state index contributed by atoms with van der Waals surface area (Å²) < 4.78 is 14.1. The van der Waals surface area contributed by atoms with E-state index in [0.717, 1.165) is 29.7 Å². The Bertz CT molecular complexity index is 3150. The average Bonchev–Trinajstić information content (AvgIpc) is 3.79. The molecule has 1 heterocycles. The maximum Gasteiger partial charge on any atom is 0.179 e. The van der Waals surface area contributed by atoms with Crippen LogP contribution in [0.3, 0.4) is 0 Å². The lowest BCUT2D eigenvalue weighted by Gasteiger charge is -2.57. The van der Waals surface area contributed by atoms with Crippen LogP contribution in [0.5, 0.6) is 5.75 Å². The third-order valence-electron chi connectivity index (χ3n) is 17.3. The van der Waals surface area contributed by atoms with E-state index < -0.39 is 11.2 Å². The molecule has 1 spiro atoms. The first-order valence-electron chi connectivity index (χ1n) is 25.3. The van der Waals surface area contributed by atoms with Crippen molar-refractivity contribution in [1.29, 1.82) is 0 Å². The lowest BCUT2D eigenvalue weighted by molar-refractivity contribution is 0.0698. The van der Waals surface area contributed by atoms with Gasteiger partial charge in [-0.3, -0.25) is 0 Å². The van der Waals surface area contributed by atoms with Crippen molar-refractivity contribution in [1.82, 2.24) is 0 Å². The molecule has 0 aromatic heterocycles. The molecule has 11 rings (SSSR count). The monoisotopic (exact) mass is 891 g/mol. The second-order valence-corrected chi connectivity index (χ2v) is 21.5. The van der Waals surface area contributed by atoms with Crippen LogP contribution in [0.4, 0.5) is 0 Å². The predicted octanol–water partition coefficient (Wildman–Crippen LogP) is 16.8. The van der Waals surface area contributed by atoms with Crippen molar-refractivity contribution >= 4 is 11.1 Å². The third-order valence-corrected chi connectivity index (χ3v) is 17.3. The lowest BCUT2D eigenvalue weighted by atomic mass is 9.47. The molecule has 1 aliphatic heterocycles. The van der Waals surface area contributed by atoms with Crippen LogP contribution in [0.15, 0.2) is 164 Å². The topological polar surface area (TPSA) is 18.5 Å². The van der Waals surface area contributed by atoms with Gasteiger partial charge in [0.1, 0.15) is 11.4 Å². The molecule has 3 aliphatic carbocycles. The minimum atomic E-state index is -0.775. The minimum Gasteiger partial charge on any atom is -0.473 e. The summed E-state index contributed by atoms with van der Waals surface area (Å²) in [7, 11) is 1.85. The molecule has 0 saturated carbocycles. The van der Waals surface area contributed by atoms with Gasteiger partial charge in [-0.1, -0.05) is 214 Å². The summed E-state index contributed by atoms with van der Waals surface area (Å²) >= 11 is 0. The van der Waals surface area contributed by atoms with Crippen LogP contribution < -0.4 is 4.74 Å². The number of methoxy groups -OCH3 is 1. The maximum atomic E-state index is 7.44. The first-order chi connectivity index (χ1) is 32.8. The number of rotatable bonds is 12. The first kappa shape index (κ1) is 44.3. The zero-order valence-electron chi connectivity index (χ0n) is 41.6. The molecule has 2 unspecified atom stereocenters. The molecule has 0 saturated heterocycles. The van der Waals surface area contributed by atoms with E-state index in [4.69, 9.17) is 9.47 Å². The summed E-state index contributed by atoms with van der Waals surface area (Å²) in [6.07, 6.45) is 12.0. The van der Waals surface area contributed by atoms with Crippen molar-refractivity contribution in [2.75, 3.05) is 7.11 Å². The van der Waals surface area contributed by atoms with Gasteiger partial charge in [-0.05, 0) is 122 Å². The normalized spacial score (nSPS) is 20.0. The van der Waals surface area contributed by atoms with E-state index in [2.05, 4.69) is 219 Å². The van der Waals surface area contributed by atoms with E-state index in [0.29, 0.717) is 0 Å². The Morgan fingerprint density at radius 2 is 1.19 bits per heavy atom. The quantitative estimate of drug-likeness (QED) is 0.114. The Hall–Kier alpha value is -6.22. The van der Waals surface area contributed by atoms with Crippen molar-refractivity contribution in [2.24, 2.45) is 0 Å². The largest absolute Gasteiger partial charge is 0.473 e. The molecule has 0 bridgehead atoms. The van der Waals surface area contributed by atoms with E-state index in [1.807, 2.05) is 7.11 Å². The van der Waals surface area contributed by atoms with Crippen molar-refractivity contribution in [3.63, 3.8) is 0 Å². The molecule has 2 atom stereocenters. The second-order valence-electron chi connectivity index (χ2n) is 21.5. The minimum absolute atomic E-state index is 0.163. The summed E-state index contributed by atoms with van der Waals surface area (Å²) in [5, 5.41) is 0. The fourth-order valence-corrected chi connectivity index (χ4v) is 12.8. The lowest BCUT2D eigenvalue weighted by Crippen LogP contribution is -2.53. The zero-order valence-corrected chi connectivity index (χ0v) is 41.6. The molecule has 342 valence electrons. The smallest absolute Gasteiger partial charge is 0.179 e. The molecule has 0 radical (unpaired) electrons. The van der Waals surface area contributed by atoms with Crippen LogP contribution >= 0.6 is 0 Å². The number of hydrogen-bond acceptors (Lipinski definition) is 2. The van der Waals surface area contributed by atoms with Gasteiger partial charge in [-0.2, -0.15) is 0 Å². The van der Waals surface area contributed by atoms with E-state index in [1.54, 1.807) is 0 Å². The highest BCUT2D eigenvalue weighted by Gasteiger charge is 2.54. The molecule has 2 nitrogen and oxygen atoms in total. The third kappa shape index (κ3) is 6.39. The van der Waals surface area contributed by atoms with Gasteiger partial charge in [0.25, 0.3) is 0 Å². The number of allylic oxidation sites excluding steroid dienone is 1. The van der Waals surface area contributed by atoms with Crippen LogP contribution in [0, 0.1) is 0 Å². The summed E-state index contributed by atoms with van der Waals surface area (Å²) in [5.74, 6) is 0.902. The molecule has 0 fully saturated rings. The number of unbranched alkanes of at least 4 members (excludes halogenated alkanes) is 2. The molecular formula is C66H66O2. The van der Waals surface area contributed by atoms with Gasteiger partial charge in [0.2, 0.25) is 0 Å². The fourth-order valence-electron chi connectivity index (χ4n) is 12.8. The molecule has 7 aromatic carbocycles.